The van der Waals surface area contributed by atoms with Crippen molar-refractivity contribution in [2.24, 2.45) is 14.1 Å². The zero-order valence-corrected chi connectivity index (χ0v) is 22.0. The van der Waals surface area contributed by atoms with Crippen LogP contribution in [0.2, 0.25) is 0 Å². The number of fused-ring (bicyclic) bond motifs is 2. The number of piperazine rings is 1. The fourth-order valence-corrected chi connectivity index (χ4v) is 4.92. The van der Waals surface area contributed by atoms with Gasteiger partial charge in [-0.1, -0.05) is 42.5 Å². The molecule has 0 saturated carbocycles. The minimum absolute atomic E-state index is 0. The number of benzene rings is 2. The van der Waals surface area contributed by atoms with E-state index in [-0.39, 0.29) is 31.4 Å². The van der Waals surface area contributed by atoms with Crippen molar-refractivity contribution in [3.8, 4) is 0 Å². The second-order valence-corrected chi connectivity index (χ2v) is 9.14. The fourth-order valence-electron chi connectivity index (χ4n) is 4.92. The molecule has 5 rings (SSSR count). The van der Waals surface area contributed by atoms with Crippen LogP contribution < -0.4 is 11.2 Å². The van der Waals surface area contributed by atoms with E-state index in [9.17, 15) is 14.7 Å². The summed E-state index contributed by atoms with van der Waals surface area (Å²) in [6, 6.07) is 15.0. The predicted octanol–water partition coefficient (Wildman–Crippen LogP) is 1.61. The third-order valence-corrected chi connectivity index (χ3v) is 6.83. The molecule has 0 aliphatic carbocycles. The van der Waals surface area contributed by atoms with E-state index in [2.05, 4.69) is 57.2 Å². The van der Waals surface area contributed by atoms with Crippen LogP contribution in [0.1, 0.15) is 5.56 Å². The zero-order valence-electron chi connectivity index (χ0n) is 20.4. The van der Waals surface area contributed by atoms with E-state index in [4.69, 9.17) is 0 Å². The van der Waals surface area contributed by atoms with Crippen molar-refractivity contribution < 1.29 is 5.11 Å². The highest BCUT2D eigenvalue weighted by Crippen LogP contribution is 2.20. The second-order valence-electron chi connectivity index (χ2n) is 9.14. The second kappa shape index (κ2) is 11.6. The normalized spacial score (nSPS) is 15.5. The molecule has 194 valence electrons. The Morgan fingerprint density at radius 3 is 2.31 bits per heavy atom. The third kappa shape index (κ3) is 5.35. The Kier molecular flexibility index (Phi) is 8.97. The molecule has 1 fully saturated rings. The first kappa shape index (κ1) is 27.9. The maximum atomic E-state index is 12.6. The Morgan fingerprint density at radius 1 is 0.889 bits per heavy atom. The average molecular weight is 535 g/mol. The van der Waals surface area contributed by atoms with Gasteiger partial charge in [0.25, 0.3) is 5.56 Å². The molecule has 1 aliphatic rings. The van der Waals surface area contributed by atoms with Crippen molar-refractivity contribution in [2.75, 3.05) is 32.7 Å². The van der Waals surface area contributed by atoms with E-state index in [1.54, 1.807) is 11.6 Å². The van der Waals surface area contributed by atoms with Crippen LogP contribution in [0.4, 0.5) is 0 Å². The molecule has 1 N–H and O–H groups in total. The van der Waals surface area contributed by atoms with Gasteiger partial charge in [0, 0.05) is 53.4 Å². The standard InChI is InChI=1S/C25H30N6O3.2ClH/c1-27-23-22(24(33)28(2)25(27)34)31(17-26-23)16-20(32)15-30-12-10-29(11-13-30)14-19-8-5-7-18-6-3-4-9-21(18)19;;/h3-9,17,20,32H,10-16H2,1-2H3;2*1H. The molecule has 3 heterocycles. The lowest BCUT2D eigenvalue weighted by Gasteiger charge is -2.35. The SMILES string of the molecule is Cl.Cl.Cn1c(=O)c2c(ncn2CC(O)CN2CCN(Cc3cccc4ccccc34)CC2)n(C)c1=O. The van der Waals surface area contributed by atoms with Crippen LogP contribution in [-0.4, -0.2) is 72.4 Å². The monoisotopic (exact) mass is 534 g/mol. The molecule has 0 bridgehead atoms. The van der Waals surface area contributed by atoms with Gasteiger partial charge in [-0.3, -0.25) is 23.7 Å². The van der Waals surface area contributed by atoms with Crippen LogP contribution in [0.3, 0.4) is 0 Å². The van der Waals surface area contributed by atoms with Gasteiger partial charge < -0.3 is 9.67 Å². The summed E-state index contributed by atoms with van der Waals surface area (Å²) in [5.41, 5.74) is 1.20. The number of hydrogen-bond donors (Lipinski definition) is 1. The summed E-state index contributed by atoms with van der Waals surface area (Å²) >= 11 is 0. The zero-order chi connectivity index (χ0) is 23.8. The Hall–Kier alpha value is -2.69. The van der Waals surface area contributed by atoms with Crippen LogP contribution in [-0.2, 0) is 27.2 Å². The average Bonchev–Trinajstić information content (AvgIpc) is 3.26. The van der Waals surface area contributed by atoms with Gasteiger partial charge in [0.1, 0.15) is 0 Å². The summed E-state index contributed by atoms with van der Waals surface area (Å²) in [5, 5.41) is 13.3. The third-order valence-electron chi connectivity index (χ3n) is 6.83. The lowest BCUT2D eigenvalue weighted by Crippen LogP contribution is -2.48. The quantitative estimate of drug-likeness (QED) is 0.404. The van der Waals surface area contributed by atoms with E-state index in [0.29, 0.717) is 17.7 Å². The Morgan fingerprint density at radius 2 is 1.56 bits per heavy atom. The molecular formula is C25H32Cl2N6O3. The first-order chi connectivity index (χ1) is 16.4. The van der Waals surface area contributed by atoms with E-state index in [1.165, 1.54) is 34.3 Å². The summed E-state index contributed by atoms with van der Waals surface area (Å²) < 4.78 is 4.08. The predicted molar refractivity (Wildman–Crippen MR) is 146 cm³/mol. The smallest absolute Gasteiger partial charge is 0.332 e. The van der Waals surface area contributed by atoms with Crippen molar-refractivity contribution >= 4 is 46.8 Å². The number of nitrogens with zero attached hydrogens (tertiary/aromatic N) is 6. The molecule has 0 radical (unpaired) electrons. The molecule has 11 heteroatoms. The molecule has 1 saturated heterocycles. The van der Waals surface area contributed by atoms with Crippen LogP contribution >= 0.6 is 24.8 Å². The number of halogens is 2. The van der Waals surface area contributed by atoms with E-state index >= 15 is 0 Å². The summed E-state index contributed by atoms with van der Waals surface area (Å²) in [7, 11) is 3.05. The fraction of sp³-hybridized carbons (Fsp3) is 0.400. The van der Waals surface area contributed by atoms with Crippen molar-refractivity contribution in [2.45, 2.75) is 19.2 Å². The summed E-state index contributed by atoms with van der Waals surface area (Å²) in [6.45, 7) is 5.32. The summed E-state index contributed by atoms with van der Waals surface area (Å²) in [6.07, 6.45) is 0.876. The largest absolute Gasteiger partial charge is 0.390 e. The van der Waals surface area contributed by atoms with Crippen molar-refractivity contribution in [3.63, 3.8) is 0 Å². The van der Waals surface area contributed by atoms with Gasteiger partial charge in [0.15, 0.2) is 11.2 Å². The van der Waals surface area contributed by atoms with Gasteiger partial charge in [-0.05, 0) is 16.3 Å². The minimum atomic E-state index is -0.649. The lowest BCUT2D eigenvalue weighted by atomic mass is 10.0. The highest BCUT2D eigenvalue weighted by Gasteiger charge is 2.21. The first-order valence-corrected chi connectivity index (χ1v) is 11.6. The molecule has 9 nitrogen and oxygen atoms in total. The van der Waals surface area contributed by atoms with Gasteiger partial charge in [-0.25, -0.2) is 9.78 Å². The highest BCUT2D eigenvalue weighted by molar-refractivity contribution is 5.86. The van der Waals surface area contributed by atoms with Gasteiger partial charge in [-0.2, -0.15) is 0 Å². The van der Waals surface area contributed by atoms with Gasteiger partial charge in [0.2, 0.25) is 0 Å². The maximum Gasteiger partial charge on any atom is 0.332 e. The highest BCUT2D eigenvalue weighted by atomic mass is 35.5. The van der Waals surface area contributed by atoms with Gasteiger partial charge in [0.05, 0.1) is 19.0 Å². The first-order valence-electron chi connectivity index (χ1n) is 11.6. The number of aromatic nitrogens is 4. The molecule has 2 aromatic heterocycles. The van der Waals surface area contributed by atoms with Crippen LogP contribution in [0.15, 0.2) is 58.4 Å². The Bertz CT molecular complexity index is 1450. The molecule has 2 aromatic carbocycles. The minimum Gasteiger partial charge on any atom is -0.390 e. The number of imidazole rings is 1. The van der Waals surface area contributed by atoms with E-state index in [0.717, 1.165) is 37.3 Å². The maximum absolute atomic E-state index is 12.6. The number of aryl methyl sites for hydroxylation is 1. The number of hydrogen-bond acceptors (Lipinski definition) is 6. The van der Waals surface area contributed by atoms with E-state index in [1.807, 2.05) is 0 Å². The molecule has 0 amide bonds. The number of aliphatic hydroxyl groups is 1. The number of rotatable bonds is 6. The van der Waals surface area contributed by atoms with E-state index < -0.39 is 17.4 Å². The molecule has 4 aromatic rings. The summed E-state index contributed by atoms with van der Waals surface area (Å²) in [4.78, 5) is 33.7. The number of β-amino-alcohol motifs (C(OH)–C–C–N with tert-alkyl or cyclic N) is 1. The van der Waals surface area contributed by atoms with Gasteiger partial charge >= 0.3 is 5.69 Å². The van der Waals surface area contributed by atoms with Crippen LogP contribution in [0.25, 0.3) is 21.9 Å². The van der Waals surface area contributed by atoms with Crippen LogP contribution in [0, 0.1) is 0 Å². The summed E-state index contributed by atoms with van der Waals surface area (Å²) in [5.74, 6) is 0. The molecule has 1 atom stereocenters. The molecule has 0 spiro atoms. The van der Waals surface area contributed by atoms with Crippen molar-refractivity contribution in [1.82, 2.24) is 28.5 Å². The molecule has 36 heavy (non-hydrogen) atoms. The number of aliphatic hydroxyl groups excluding tert-OH is 1. The Balaban J connectivity index is 0.00000180. The Labute approximate surface area is 221 Å². The van der Waals surface area contributed by atoms with Gasteiger partial charge in [-0.15, -0.1) is 24.8 Å². The van der Waals surface area contributed by atoms with Crippen molar-refractivity contribution in [1.29, 1.82) is 0 Å². The topological polar surface area (TPSA) is 88.5 Å². The van der Waals surface area contributed by atoms with Crippen LogP contribution in [0.5, 0.6) is 0 Å². The molecule has 1 aliphatic heterocycles. The van der Waals surface area contributed by atoms with Crippen molar-refractivity contribution in [3.05, 3.63) is 75.2 Å². The molecular weight excluding hydrogens is 503 g/mol. The lowest BCUT2D eigenvalue weighted by molar-refractivity contribution is 0.0629. The molecule has 1 unspecified atom stereocenters.